The van der Waals surface area contributed by atoms with Crippen molar-refractivity contribution in [1.82, 2.24) is 4.98 Å². The molecule has 1 aliphatic heterocycles. The Kier molecular flexibility index (Phi) is 9.99. The number of carbonyl (C=O) groups is 2. The molecule has 5 atom stereocenters. The maximum Gasteiger partial charge on any atom is 0.309 e. The monoisotopic (exact) mass is 457 g/mol. The van der Waals surface area contributed by atoms with Gasteiger partial charge in [-0.25, -0.2) is 0 Å². The third kappa shape index (κ3) is 7.90. The number of hydrogen-bond acceptors (Lipinski definition) is 6. The first-order valence-electron chi connectivity index (χ1n) is 11.9. The molecule has 2 N–H and O–H groups in total. The number of nitrogens with zero attached hydrogens (tertiary/aromatic N) is 1. The lowest BCUT2D eigenvalue weighted by atomic mass is 9.73. The van der Waals surface area contributed by atoms with Crippen LogP contribution >= 0.6 is 0 Å². The highest BCUT2D eigenvalue weighted by molar-refractivity contribution is 5.88. The zero-order valence-electron chi connectivity index (χ0n) is 20.5. The summed E-state index contributed by atoms with van der Waals surface area (Å²) in [7, 11) is 0. The SMILES string of the molecule is CC1=CC[C@@H](C=Cc2ccncc2)OC(=O)CC(O)C(C)(C)C(=O)C(C)[C@@H](O)[C@@H](C)CCC1. The molecular formula is C27H39NO5. The minimum absolute atomic E-state index is 0.0430. The lowest BCUT2D eigenvalue weighted by Crippen LogP contribution is -2.45. The molecule has 0 spiro atoms. The molecule has 0 saturated carbocycles. The first-order valence-corrected chi connectivity index (χ1v) is 11.9. The van der Waals surface area contributed by atoms with Crippen molar-refractivity contribution in [3.8, 4) is 0 Å². The maximum absolute atomic E-state index is 13.1. The van der Waals surface area contributed by atoms with Gasteiger partial charge in [0.2, 0.25) is 0 Å². The van der Waals surface area contributed by atoms with E-state index in [4.69, 9.17) is 4.74 Å². The van der Waals surface area contributed by atoms with Crippen LogP contribution in [0.25, 0.3) is 6.08 Å². The van der Waals surface area contributed by atoms with Gasteiger partial charge in [-0.3, -0.25) is 14.6 Å². The number of rotatable bonds is 2. The standard InChI is InChI=1S/C27H39NO5/c1-18-7-6-8-19(2)25(31)20(3)26(32)27(4,5)23(29)17-24(30)33-22(11-9-18)12-10-21-13-15-28-16-14-21/h9-10,12-16,19-20,22-23,25,29,31H,6-8,11,17H2,1-5H3/t19-,20?,22-,23?,25-/m0/s1. The number of ketones is 1. The summed E-state index contributed by atoms with van der Waals surface area (Å²) >= 11 is 0. The average Bonchev–Trinajstić information content (AvgIpc) is 2.79. The Morgan fingerprint density at radius 3 is 2.48 bits per heavy atom. The molecule has 0 aliphatic carbocycles. The summed E-state index contributed by atoms with van der Waals surface area (Å²) in [6.07, 6.45) is 9.50. The Balaban J connectivity index is 2.27. The fraction of sp³-hybridized carbons (Fsp3) is 0.593. The predicted octanol–water partition coefficient (Wildman–Crippen LogP) is 4.51. The van der Waals surface area contributed by atoms with Crippen LogP contribution < -0.4 is 0 Å². The molecule has 1 aromatic heterocycles. The number of Topliss-reactive ketones (excluding diaryl/α,β-unsaturated/α-hetero) is 1. The van der Waals surface area contributed by atoms with Crippen LogP contribution in [-0.4, -0.2) is 45.3 Å². The lowest BCUT2D eigenvalue weighted by Gasteiger charge is -2.34. The number of cyclic esters (lactones) is 1. The molecule has 2 rings (SSSR count). The number of ether oxygens (including phenoxy) is 1. The molecule has 6 heteroatoms. The van der Waals surface area contributed by atoms with Crippen molar-refractivity contribution in [2.24, 2.45) is 17.3 Å². The molecule has 0 amide bonds. The molecule has 1 aliphatic rings. The summed E-state index contributed by atoms with van der Waals surface area (Å²) in [6.45, 7) is 8.95. The molecule has 0 aromatic carbocycles. The normalized spacial score (nSPS) is 30.6. The van der Waals surface area contributed by atoms with E-state index >= 15 is 0 Å². The average molecular weight is 458 g/mol. The molecule has 0 radical (unpaired) electrons. The minimum atomic E-state index is -1.21. The number of pyridine rings is 1. The second-order valence-corrected chi connectivity index (χ2v) is 9.91. The minimum Gasteiger partial charge on any atom is -0.458 e. The molecule has 6 nitrogen and oxygen atoms in total. The van der Waals surface area contributed by atoms with Gasteiger partial charge in [0.05, 0.1) is 24.0 Å². The molecule has 2 unspecified atom stereocenters. The number of carbonyl (C=O) groups excluding carboxylic acids is 2. The van der Waals surface area contributed by atoms with E-state index in [9.17, 15) is 19.8 Å². The van der Waals surface area contributed by atoms with E-state index in [0.29, 0.717) is 6.42 Å². The molecule has 182 valence electrons. The van der Waals surface area contributed by atoms with Crippen LogP contribution in [0.3, 0.4) is 0 Å². The van der Waals surface area contributed by atoms with Gasteiger partial charge in [0.1, 0.15) is 11.9 Å². The van der Waals surface area contributed by atoms with Crippen molar-refractivity contribution in [2.45, 2.75) is 85.0 Å². The Labute approximate surface area is 197 Å². The smallest absolute Gasteiger partial charge is 0.309 e. The van der Waals surface area contributed by atoms with E-state index in [0.717, 1.165) is 24.8 Å². The van der Waals surface area contributed by atoms with Crippen LogP contribution in [0.2, 0.25) is 0 Å². The third-order valence-electron chi connectivity index (χ3n) is 6.76. The van der Waals surface area contributed by atoms with E-state index in [-0.39, 0.29) is 18.1 Å². The molecule has 2 heterocycles. The zero-order chi connectivity index (χ0) is 24.6. The van der Waals surface area contributed by atoms with E-state index < -0.39 is 35.6 Å². The quantitative estimate of drug-likeness (QED) is 0.501. The van der Waals surface area contributed by atoms with Gasteiger partial charge in [-0.1, -0.05) is 45.4 Å². The fourth-order valence-corrected chi connectivity index (χ4v) is 4.18. The summed E-state index contributed by atoms with van der Waals surface area (Å²) in [6, 6.07) is 3.73. The van der Waals surface area contributed by atoms with Gasteiger partial charge in [-0.2, -0.15) is 0 Å². The number of hydrogen-bond donors (Lipinski definition) is 2. The lowest BCUT2D eigenvalue weighted by molar-refractivity contribution is -0.153. The van der Waals surface area contributed by atoms with Crippen molar-refractivity contribution in [3.63, 3.8) is 0 Å². The molecule has 33 heavy (non-hydrogen) atoms. The summed E-state index contributed by atoms with van der Waals surface area (Å²) in [5, 5.41) is 21.5. The highest BCUT2D eigenvalue weighted by atomic mass is 16.5. The Hall–Kier alpha value is -2.31. The van der Waals surface area contributed by atoms with Crippen LogP contribution in [0.15, 0.2) is 42.3 Å². The van der Waals surface area contributed by atoms with Crippen LogP contribution in [0.1, 0.15) is 72.3 Å². The molecular weight excluding hydrogens is 418 g/mol. The van der Waals surface area contributed by atoms with Gasteiger partial charge in [0, 0.05) is 24.7 Å². The van der Waals surface area contributed by atoms with E-state index in [1.807, 2.05) is 38.1 Å². The van der Waals surface area contributed by atoms with Gasteiger partial charge in [-0.15, -0.1) is 0 Å². The predicted molar refractivity (Wildman–Crippen MR) is 129 cm³/mol. The van der Waals surface area contributed by atoms with Crippen LogP contribution in [0.5, 0.6) is 0 Å². The van der Waals surface area contributed by atoms with E-state index in [1.54, 1.807) is 33.2 Å². The number of aliphatic hydroxyl groups excluding tert-OH is 2. The maximum atomic E-state index is 13.1. The highest BCUT2D eigenvalue weighted by Crippen LogP contribution is 2.32. The van der Waals surface area contributed by atoms with Crippen molar-refractivity contribution < 1.29 is 24.5 Å². The fourth-order valence-electron chi connectivity index (χ4n) is 4.18. The summed E-state index contributed by atoms with van der Waals surface area (Å²) in [5.41, 5.74) is 0.948. The molecule has 0 fully saturated rings. The number of allylic oxidation sites excluding steroid dienone is 1. The van der Waals surface area contributed by atoms with Crippen LogP contribution in [0.4, 0.5) is 0 Å². The second kappa shape index (κ2) is 12.2. The first-order chi connectivity index (χ1) is 15.5. The van der Waals surface area contributed by atoms with Crippen molar-refractivity contribution in [2.75, 3.05) is 0 Å². The highest BCUT2D eigenvalue weighted by Gasteiger charge is 2.42. The first kappa shape index (κ1) is 26.9. The molecule has 1 aromatic rings. The van der Waals surface area contributed by atoms with E-state index in [2.05, 4.69) is 11.1 Å². The number of esters is 1. The van der Waals surface area contributed by atoms with Crippen molar-refractivity contribution in [3.05, 3.63) is 47.8 Å². The Morgan fingerprint density at radius 2 is 1.82 bits per heavy atom. The van der Waals surface area contributed by atoms with Crippen molar-refractivity contribution in [1.29, 1.82) is 0 Å². The van der Waals surface area contributed by atoms with Gasteiger partial charge in [0.15, 0.2) is 0 Å². The molecule has 0 saturated heterocycles. The van der Waals surface area contributed by atoms with Crippen molar-refractivity contribution >= 4 is 17.8 Å². The van der Waals surface area contributed by atoms with Gasteiger partial charge in [-0.05, 0) is 55.9 Å². The Bertz CT molecular complexity index is 845. The van der Waals surface area contributed by atoms with Crippen LogP contribution in [0, 0.1) is 17.3 Å². The van der Waals surface area contributed by atoms with Gasteiger partial charge >= 0.3 is 5.97 Å². The number of aromatic nitrogens is 1. The van der Waals surface area contributed by atoms with Gasteiger partial charge < -0.3 is 14.9 Å². The summed E-state index contributed by atoms with van der Waals surface area (Å²) in [5.74, 6) is -1.49. The second-order valence-electron chi connectivity index (χ2n) is 9.91. The van der Waals surface area contributed by atoms with Crippen LogP contribution in [-0.2, 0) is 14.3 Å². The van der Waals surface area contributed by atoms with Gasteiger partial charge in [0.25, 0.3) is 0 Å². The summed E-state index contributed by atoms with van der Waals surface area (Å²) < 4.78 is 5.68. The largest absolute Gasteiger partial charge is 0.458 e. The van der Waals surface area contributed by atoms with E-state index in [1.165, 1.54) is 5.57 Å². The molecule has 0 bridgehead atoms. The third-order valence-corrected chi connectivity index (χ3v) is 6.76. The zero-order valence-corrected chi connectivity index (χ0v) is 20.5. The summed E-state index contributed by atoms with van der Waals surface area (Å²) in [4.78, 5) is 29.8. The topological polar surface area (TPSA) is 96.7 Å². The number of aliphatic hydroxyl groups is 2. The Morgan fingerprint density at radius 1 is 1.15 bits per heavy atom.